The number of carbonyl (C=O) groups excluding carboxylic acids is 2. The van der Waals surface area contributed by atoms with Crippen LogP contribution in [0.3, 0.4) is 0 Å². The van der Waals surface area contributed by atoms with Gasteiger partial charge in [0.15, 0.2) is 5.60 Å². The van der Waals surface area contributed by atoms with Crippen LogP contribution in [0.4, 0.5) is 21.2 Å². The molecule has 1 saturated heterocycles. The van der Waals surface area contributed by atoms with Crippen LogP contribution in [-0.2, 0) is 28.2 Å². The predicted octanol–water partition coefficient (Wildman–Crippen LogP) is 8.26. The lowest BCUT2D eigenvalue weighted by Crippen LogP contribution is -2.45. The highest BCUT2D eigenvalue weighted by atomic mass is 28.4. The van der Waals surface area contributed by atoms with E-state index in [2.05, 4.69) is 10.3 Å². The minimum Gasteiger partial charge on any atom is -0.395 e. The summed E-state index contributed by atoms with van der Waals surface area (Å²) in [4.78, 5) is 32.2. The van der Waals surface area contributed by atoms with Gasteiger partial charge in [0.05, 0.1) is 47.8 Å². The van der Waals surface area contributed by atoms with Crippen LogP contribution in [0.5, 0.6) is 0 Å². The lowest BCUT2D eigenvalue weighted by molar-refractivity contribution is -0.146. The third kappa shape index (κ3) is 5.63. The number of aliphatic hydroxyl groups is 1. The van der Waals surface area contributed by atoms with Gasteiger partial charge in [-0.2, -0.15) is 0 Å². The average Bonchev–Trinajstić information content (AvgIpc) is 3.91. The number of carbonyl (C=O) groups is 2. The molecule has 5 aromatic carbocycles. The number of aromatic nitrogens is 3. The van der Waals surface area contributed by atoms with E-state index in [4.69, 9.17) is 4.74 Å². The molecule has 3 aliphatic heterocycles. The fourth-order valence-corrected chi connectivity index (χ4v) is 12.0. The first-order chi connectivity index (χ1) is 26.6. The number of hydrogen-bond donors (Lipinski definition) is 1. The summed E-state index contributed by atoms with van der Waals surface area (Å²) in [7, 11) is -3.38. The lowest BCUT2D eigenvalue weighted by Gasteiger charge is -2.31. The maximum Gasteiger partial charge on any atom is 0.264 e. The second kappa shape index (κ2) is 13.4. The van der Waals surface area contributed by atoms with Gasteiger partial charge in [0.2, 0.25) is 8.41 Å². The molecule has 3 aliphatic rings. The minimum atomic E-state index is -3.38. The Labute approximate surface area is 320 Å². The average molecular weight is 752 g/mol. The number of nitrogens with zero attached hydrogens (tertiary/aromatic N) is 5. The summed E-state index contributed by atoms with van der Waals surface area (Å²) in [5.41, 5.74) is 4.36. The molecular formula is C44H42FN5O4Si. The highest BCUT2D eigenvalue weighted by Crippen LogP contribution is 2.60. The standard InChI is InChI=1S/C44H42FN5O4Si/c1-28-41(55(2,3)45)39(22-23-48-26-36(46-47-48)34(27-51)30-13-5-4-6-14-30)54-44(28)35-19-7-8-20-37(35)49(43(44)53)25-29-12-9-17-32(24-29)50-38-21-11-16-31-15-10-18-33(40(31)38)42(50)52/h4-21,24,26,28,34,39,41,51H,22-23,25,27H2,1-3H3/t28-,34?,39+,41-,44+/m1/s1. The summed E-state index contributed by atoms with van der Waals surface area (Å²) in [6, 6.07) is 36.9. The van der Waals surface area contributed by atoms with Crippen molar-refractivity contribution in [2.24, 2.45) is 5.92 Å². The summed E-state index contributed by atoms with van der Waals surface area (Å²) in [6.45, 7) is 5.93. The first kappa shape index (κ1) is 35.2. The first-order valence-electron chi connectivity index (χ1n) is 18.9. The number of amides is 2. The summed E-state index contributed by atoms with van der Waals surface area (Å²) in [5.74, 6) is -1.03. The third-order valence-corrected chi connectivity index (χ3v) is 14.3. The molecule has 5 atom stereocenters. The van der Waals surface area contributed by atoms with Crippen molar-refractivity contribution >= 4 is 48.1 Å². The maximum atomic E-state index is 16.5. The lowest BCUT2D eigenvalue weighted by atomic mass is 9.82. The minimum absolute atomic E-state index is 0.0831. The molecule has 6 aromatic rings. The highest BCUT2D eigenvalue weighted by molar-refractivity contribution is 6.72. The van der Waals surface area contributed by atoms with E-state index in [0.717, 1.165) is 44.5 Å². The molecule has 2 amide bonds. The van der Waals surface area contributed by atoms with E-state index in [0.29, 0.717) is 24.2 Å². The summed E-state index contributed by atoms with van der Waals surface area (Å²) in [5, 5.41) is 20.9. The number of fused-ring (bicyclic) bond motifs is 2. The molecule has 0 saturated carbocycles. The van der Waals surface area contributed by atoms with Crippen LogP contribution >= 0.6 is 0 Å². The van der Waals surface area contributed by atoms with Crippen molar-refractivity contribution in [2.45, 2.75) is 62.7 Å². The molecule has 0 radical (unpaired) electrons. The SMILES string of the molecule is C[C@@H]1[C@@H]([Si](C)(C)F)[C@H](CCn2cc(C(CO)c3ccccc3)nn2)O[C@@]12C(=O)N(Cc1cccc(N3C(=O)c4cccc5cccc3c45)c1)c1ccccc12. The molecule has 11 heteroatoms. The van der Waals surface area contributed by atoms with Crippen LogP contribution in [0.1, 0.15) is 52.0 Å². The number of aliphatic hydroxyl groups excluding tert-OH is 1. The topological polar surface area (TPSA) is 101 Å². The zero-order valence-corrected chi connectivity index (χ0v) is 32.0. The van der Waals surface area contributed by atoms with Crippen molar-refractivity contribution in [1.29, 1.82) is 0 Å². The molecule has 1 spiro atoms. The van der Waals surface area contributed by atoms with E-state index < -0.39 is 31.6 Å². The Bertz CT molecular complexity index is 2450. The van der Waals surface area contributed by atoms with Crippen molar-refractivity contribution < 1.29 is 23.5 Å². The molecule has 278 valence electrons. The fourth-order valence-electron chi connectivity index (χ4n) is 9.47. The highest BCUT2D eigenvalue weighted by Gasteiger charge is 2.66. The second-order valence-corrected chi connectivity index (χ2v) is 19.3. The number of aryl methyl sites for hydroxylation is 1. The number of anilines is 3. The second-order valence-electron chi connectivity index (χ2n) is 15.5. The monoisotopic (exact) mass is 751 g/mol. The van der Waals surface area contributed by atoms with E-state index in [1.807, 2.05) is 128 Å². The van der Waals surface area contributed by atoms with E-state index in [1.54, 1.807) is 27.6 Å². The van der Waals surface area contributed by atoms with Crippen LogP contribution in [0.25, 0.3) is 10.8 Å². The first-order valence-corrected chi connectivity index (χ1v) is 21.8. The predicted molar refractivity (Wildman–Crippen MR) is 213 cm³/mol. The molecular weight excluding hydrogens is 710 g/mol. The van der Waals surface area contributed by atoms with Gasteiger partial charge in [-0.1, -0.05) is 97.1 Å². The van der Waals surface area contributed by atoms with E-state index in [9.17, 15) is 14.7 Å². The van der Waals surface area contributed by atoms with Gasteiger partial charge in [-0.25, -0.2) is 0 Å². The van der Waals surface area contributed by atoms with Crippen LogP contribution in [0.2, 0.25) is 18.6 Å². The van der Waals surface area contributed by atoms with Crippen LogP contribution in [0, 0.1) is 5.92 Å². The molecule has 9 nitrogen and oxygen atoms in total. The van der Waals surface area contributed by atoms with Gasteiger partial charge in [0, 0.05) is 40.8 Å². The number of benzene rings is 5. The molecule has 1 N–H and O–H groups in total. The van der Waals surface area contributed by atoms with Crippen LogP contribution in [0.15, 0.2) is 121 Å². The largest absolute Gasteiger partial charge is 0.395 e. The molecule has 4 heterocycles. The molecule has 55 heavy (non-hydrogen) atoms. The summed E-state index contributed by atoms with van der Waals surface area (Å²) < 4.78 is 25.2. The fraction of sp³-hybridized carbons (Fsp3) is 0.273. The smallest absolute Gasteiger partial charge is 0.264 e. The number of ether oxygens (including phenoxy) is 1. The van der Waals surface area contributed by atoms with E-state index in [1.165, 1.54) is 0 Å². The Morgan fingerprint density at radius 3 is 2.42 bits per heavy atom. The Balaban J connectivity index is 0.997. The zero-order valence-electron chi connectivity index (χ0n) is 31.0. The molecule has 0 bridgehead atoms. The Kier molecular flexibility index (Phi) is 8.56. The Morgan fingerprint density at radius 1 is 0.909 bits per heavy atom. The molecule has 9 rings (SSSR count). The van der Waals surface area contributed by atoms with Gasteiger partial charge >= 0.3 is 0 Å². The van der Waals surface area contributed by atoms with Crippen molar-refractivity contribution in [2.75, 3.05) is 16.4 Å². The Morgan fingerprint density at radius 2 is 1.64 bits per heavy atom. The van der Waals surface area contributed by atoms with Gasteiger partial charge in [-0.15, -0.1) is 5.10 Å². The van der Waals surface area contributed by atoms with Gasteiger partial charge in [-0.05, 0) is 66.4 Å². The van der Waals surface area contributed by atoms with Gasteiger partial charge < -0.3 is 18.9 Å². The van der Waals surface area contributed by atoms with Gasteiger partial charge in [0.1, 0.15) is 0 Å². The van der Waals surface area contributed by atoms with Crippen molar-refractivity contribution in [3.8, 4) is 0 Å². The van der Waals surface area contributed by atoms with Crippen molar-refractivity contribution in [1.82, 2.24) is 15.0 Å². The maximum absolute atomic E-state index is 16.5. The summed E-state index contributed by atoms with van der Waals surface area (Å²) in [6.07, 6.45) is 1.73. The number of halogens is 1. The quantitative estimate of drug-likeness (QED) is 0.112. The number of hydrogen-bond acceptors (Lipinski definition) is 6. The van der Waals surface area contributed by atoms with Crippen molar-refractivity contribution in [3.05, 3.63) is 149 Å². The summed E-state index contributed by atoms with van der Waals surface area (Å²) >= 11 is 0. The van der Waals surface area contributed by atoms with E-state index >= 15 is 4.11 Å². The van der Waals surface area contributed by atoms with Crippen molar-refractivity contribution in [3.63, 3.8) is 0 Å². The van der Waals surface area contributed by atoms with Crippen LogP contribution < -0.4 is 9.80 Å². The molecule has 1 aromatic heterocycles. The normalized spacial score (nSPS) is 22.3. The number of para-hydroxylation sites is 1. The van der Waals surface area contributed by atoms with Gasteiger partial charge in [0.25, 0.3) is 11.8 Å². The zero-order chi connectivity index (χ0) is 38.1. The number of rotatable bonds is 10. The molecule has 1 fully saturated rings. The molecule has 1 unspecified atom stereocenters. The van der Waals surface area contributed by atoms with E-state index in [-0.39, 0.29) is 30.9 Å². The van der Waals surface area contributed by atoms with Crippen LogP contribution in [-0.4, -0.2) is 53.0 Å². The van der Waals surface area contributed by atoms with Gasteiger partial charge in [-0.3, -0.25) is 19.2 Å². The molecule has 0 aliphatic carbocycles. The third-order valence-electron chi connectivity index (χ3n) is 11.9. The Hall–Kier alpha value is -5.49.